The van der Waals surface area contributed by atoms with E-state index in [1.54, 1.807) is 12.1 Å². The Kier molecular flexibility index (Phi) is 10.4. The number of ether oxygens (including phenoxy) is 1. The second-order valence-electron chi connectivity index (χ2n) is 9.48. The SMILES string of the molecule is CCCCCc1ccc(CC/C=C/C2CCC(c3ccc(OCCC)c(F)c3F)CC2)cc1. The van der Waals surface area contributed by atoms with Crippen LogP contribution in [0.4, 0.5) is 8.78 Å². The molecule has 33 heavy (non-hydrogen) atoms. The summed E-state index contributed by atoms with van der Waals surface area (Å²) >= 11 is 0. The lowest BCUT2D eigenvalue weighted by Crippen LogP contribution is -2.14. The predicted molar refractivity (Wildman–Crippen MR) is 134 cm³/mol. The van der Waals surface area contributed by atoms with Crippen LogP contribution in [-0.2, 0) is 12.8 Å². The average molecular weight is 455 g/mol. The first-order chi connectivity index (χ1) is 16.1. The molecule has 3 rings (SSSR count). The number of benzene rings is 2. The number of hydrogen-bond acceptors (Lipinski definition) is 1. The van der Waals surface area contributed by atoms with Crippen LogP contribution in [0.3, 0.4) is 0 Å². The van der Waals surface area contributed by atoms with Crippen LogP contribution < -0.4 is 4.74 Å². The summed E-state index contributed by atoms with van der Waals surface area (Å²) in [5, 5.41) is 0. The van der Waals surface area contributed by atoms with E-state index in [1.165, 1.54) is 36.8 Å². The molecule has 0 atom stereocenters. The Morgan fingerprint density at radius 1 is 0.818 bits per heavy atom. The van der Waals surface area contributed by atoms with Crippen molar-refractivity contribution in [2.24, 2.45) is 5.92 Å². The summed E-state index contributed by atoms with van der Waals surface area (Å²) in [5.41, 5.74) is 3.35. The van der Waals surface area contributed by atoms with Gasteiger partial charge in [-0.1, -0.05) is 69.2 Å². The molecular weight excluding hydrogens is 414 g/mol. The topological polar surface area (TPSA) is 9.23 Å². The van der Waals surface area contributed by atoms with E-state index in [0.29, 0.717) is 18.1 Å². The Morgan fingerprint density at radius 2 is 1.52 bits per heavy atom. The Labute approximate surface area is 199 Å². The lowest BCUT2D eigenvalue weighted by Gasteiger charge is -2.27. The minimum absolute atomic E-state index is 0.0286. The van der Waals surface area contributed by atoms with Gasteiger partial charge in [-0.05, 0) is 92.4 Å². The van der Waals surface area contributed by atoms with Crippen LogP contribution in [0.25, 0.3) is 0 Å². The van der Waals surface area contributed by atoms with E-state index in [9.17, 15) is 8.78 Å². The number of rotatable bonds is 12. The average Bonchev–Trinajstić information content (AvgIpc) is 2.84. The van der Waals surface area contributed by atoms with Gasteiger partial charge in [-0.25, -0.2) is 4.39 Å². The van der Waals surface area contributed by atoms with Crippen LogP contribution >= 0.6 is 0 Å². The molecule has 0 spiro atoms. The van der Waals surface area contributed by atoms with Gasteiger partial charge in [0.15, 0.2) is 11.6 Å². The Bertz CT molecular complexity index is 864. The second kappa shape index (κ2) is 13.5. The first-order valence-electron chi connectivity index (χ1n) is 13.0. The number of hydrogen-bond donors (Lipinski definition) is 0. The summed E-state index contributed by atoms with van der Waals surface area (Å²) in [5.74, 6) is -0.890. The summed E-state index contributed by atoms with van der Waals surface area (Å²) in [6.45, 7) is 4.59. The molecule has 2 aromatic carbocycles. The molecule has 0 aromatic heterocycles. The van der Waals surface area contributed by atoms with Crippen LogP contribution in [0, 0.1) is 17.6 Å². The third-order valence-electron chi connectivity index (χ3n) is 6.85. The number of aryl methyl sites for hydroxylation is 2. The van der Waals surface area contributed by atoms with E-state index >= 15 is 0 Å². The van der Waals surface area contributed by atoms with Gasteiger partial charge >= 0.3 is 0 Å². The van der Waals surface area contributed by atoms with Crippen LogP contribution in [-0.4, -0.2) is 6.61 Å². The Morgan fingerprint density at radius 3 is 2.18 bits per heavy atom. The fourth-order valence-corrected chi connectivity index (χ4v) is 4.80. The van der Waals surface area contributed by atoms with Gasteiger partial charge in [0.2, 0.25) is 5.82 Å². The summed E-state index contributed by atoms with van der Waals surface area (Å²) in [4.78, 5) is 0. The lowest BCUT2D eigenvalue weighted by molar-refractivity contribution is 0.292. The molecule has 1 nitrogen and oxygen atoms in total. The quantitative estimate of drug-likeness (QED) is 0.230. The zero-order chi connectivity index (χ0) is 23.5. The summed E-state index contributed by atoms with van der Waals surface area (Å²) in [6, 6.07) is 12.4. The zero-order valence-corrected chi connectivity index (χ0v) is 20.4. The minimum Gasteiger partial charge on any atom is -0.490 e. The monoisotopic (exact) mass is 454 g/mol. The second-order valence-corrected chi connectivity index (χ2v) is 9.48. The Hall–Kier alpha value is -2.16. The van der Waals surface area contributed by atoms with E-state index in [4.69, 9.17) is 4.74 Å². The smallest absolute Gasteiger partial charge is 0.200 e. The molecule has 0 N–H and O–H groups in total. The third kappa shape index (κ3) is 7.69. The molecule has 0 amide bonds. The highest BCUT2D eigenvalue weighted by Crippen LogP contribution is 2.39. The van der Waals surface area contributed by atoms with Gasteiger partial charge < -0.3 is 4.74 Å². The van der Waals surface area contributed by atoms with Crippen LogP contribution in [0.5, 0.6) is 5.75 Å². The van der Waals surface area contributed by atoms with Gasteiger partial charge in [0, 0.05) is 0 Å². The molecule has 180 valence electrons. The largest absolute Gasteiger partial charge is 0.490 e. The van der Waals surface area contributed by atoms with Crippen molar-refractivity contribution in [1.29, 1.82) is 0 Å². The van der Waals surface area contributed by atoms with Gasteiger partial charge in [0.1, 0.15) is 0 Å². The van der Waals surface area contributed by atoms with Gasteiger partial charge in [-0.15, -0.1) is 0 Å². The number of unbranched alkanes of at least 4 members (excludes halogenated alkanes) is 2. The van der Waals surface area contributed by atoms with Crippen LogP contribution in [0.15, 0.2) is 48.6 Å². The van der Waals surface area contributed by atoms with Gasteiger partial charge in [0.05, 0.1) is 6.61 Å². The van der Waals surface area contributed by atoms with E-state index < -0.39 is 11.6 Å². The minimum atomic E-state index is -0.836. The summed E-state index contributed by atoms with van der Waals surface area (Å²) < 4.78 is 34.3. The molecule has 1 fully saturated rings. The predicted octanol–water partition coefficient (Wildman–Crippen LogP) is 8.95. The molecule has 0 bridgehead atoms. The lowest BCUT2D eigenvalue weighted by atomic mass is 9.78. The van der Waals surface area contributed by atoms with Crippen molar-refractivity contribution in [3.63, 3.8) is 0 Å². The molecule has 0 unspecified atom stereocenters. The van der Waals surface area contributed by atoms with Gasteiger partial charge in [0.25, 0.3) is 0 Å². The highest BCUT2D eigenvalue weighted by molar-refractivity contribution is 5.33. The Balaban J connectivity index is 1.42. The first kappa shape index (κ1) is 25.5. The third-order valence-corrected chi connectivity index (χ3v) is 6.85. The molecule has 0 aliphatic heterocycles. The summed E-state index contributed by atoms with van der Waals surface area (Å²) in [7, 11) is 0. The molecule has 0 saturated heterocycles. The molecule has 2 aromatic rings. The highest BCUT2D eigenvalue weighted by atomic mass is 19.2. The first-order valence-corrected chi connectivity index (χ1v) is 13.0. The molecular formula is C30H40F2O. The normalized spacial score (nSPS) is 18.7. The van der Waals surface area contributed by atoms with Crippen molar-refractivity contribution >= 4 is 0 Å². The summed E-state index contributed by atoms with van der Waals surface area (Å²) in [6.07, 6.45) is 16.4. The van der Waals surface area contributed by atoms with Crippen LogP contribution in [0.1, 0.15) is 94.2 Å². The van der Waals surface area contributed by atoms with Gasteiger partial charge in [-0.3, -0.25) is 0 Å². The van der Waals surface area contributed by atoms with Crippen molar-refractivity contribution in [2.45, 2.75) is 90.4 Å². The van der Waals surface area contributed by atoms with Crippen molar-refractivity contribution in [2.75, 3.05) is 6.61 Å². The molecule has 3 heteroatoms. The number of halogens is 2. The maximum absolute atomic E-state index is 14.6. The number of allylic oxidation sites excluding steroid dienone is 2. The molecule has 1 saturated carbocycles. The van der Waals surface area contributed by atoms with Crippen LogP contribution in [0.2, 0.25) is 0 Å². The van der Waals surface area contributed by atoms with Crippen molar-refractivity contribution in [3.8, 4) is 5.75 Å². The zero-order valence-electron chi connectivity index (χ0n) is 20.4. The van der Waals surface area contributed by atoms with Crippen molar-refractivity contribution < 1.29 is 13.5 Å². The van der Waals surface area contributed by atoms with Crippen molar-refractivity contribution in [1.82, 2.24) is 0 Å². The van der Waals surface area contributed by atoms with E-state index in [-0.39, 0.29) is 11.7 Å². The fourth-order valence-electron chi connectivity index (χ4n) is 4.80. The van der Waals surface area contributed by atoms with Crippen molar-refractivity contribution in [3.05, 3.63) is 76.9 Å². The molecule has 1 aliphatic rings. The van der Waals surface area contributed by atoms with E-state index in [0.717, 1.165) is 44.9 Å². The fraction of sp³-hybridized carbons (Fsp3) is 0.533. The standard InChI is InChI=1S/C30H40F2O/c1-3-5-6-9-23-12-14-24(15-13-23)10-7-8-11-25-16-18-26(19-17-25)27-20-21-28(33-22-4-2)30(32)29(27)31/h8,11-15,20-21,25-26H,3-7,9-10,16-19,22H2,1-2H3/b11-8+. The van der Waals surface area contributed by atoms with Gasteiger partial charge in [-0.2, -0.15) is 4.39 Å². The molecule has 0 radical (unpaired) electrons. The molecule has 1 aliphatic carbocycles. The van der Waals surface area contributed by atoms with E-state index in [2.05, 4.69) is 43.3 Å². The maximum Gasteiger partial charge on any atom is 0.200 e. The molecule has 0 heterocycles. The van der Waals surface area contributed by atoms with E-state index in [1.807, 2.05) is 6.92 Å². The highest BCUT2D eigenvalue weighted by Gasteiger charge is 2.25. The maximum atomic E-state index is 14.6.